The Hall–Kier alpha value is -0.420. The smallest absolute Gasteiger partial charge is 0.485 e. The zero-order valence-corrected chi connectivity index (χ0v) is 10.9. The van der Waals surface area contributed by atoms with Crippen LogP contribution in [0.15, 0.2) is 11.5 Å². The van der Waals surface area contributed by atoms with Gasteiger partial charge in [-0.05, 0) is 12.8 Å². The maximum absolute atomic E-state index is 11.6. The summed E-state index contributed by atoms with van der Waals surface area (Å²) in [5.74, 6) is 1.90. The van der Waals surface area contributed by atoms with E-state index in [4.69, 9.17) is 13.0 Å². The Morgan fingerprint density at radius 2 is 1.37 bits per heavy atom. The molecule has 0 radical (unpaired) electrons. The summed E-state index contributed by atoms with van der Waals surface area (Å²) < 4.78 is 93.8. The Morgan fingerprint density at radius 1 is 1.00 bits per heavy atom. The molecule has 0 N–H and O–H groups in total. The van der Waals surface area contributed by atoms with Gasteiger partial charge in [-0.3, -0.25) is 0 Å². The normalized spacial score (nSPS) is 18.5. The van der Waals surface area contributed by atoms with Crippen LogP contribution in [0, 0.1) is 0 Å². The van der Waals surface area contributed by atoms with E-state index in [2.05, 4.69) is 0 Å². The first-order chi connectivity index (χ1) is 8.33. The van der Waals surface area contributed by atoms with Gasteiger partial charge in [0.25, 0.3) is 0 Å². The number of halogens is 6. The lowest BCUT2D eigenvalue weighted by Crippen LogP contribution is -2.21. The van der Waals surface area contributed by atoms with Crippen molar-refractivity contribution in [3.05, 3.63) is 11.5 Å². The molecular formula is C8H10F6O3S2. The molecule has 1 fully saturated rings. The third-order valence-corrected chi connectivity index (χ3v) is 4.51. The highest BCUT2D eigenvalue weighted by Crippen LogP contribution is 2.21. The lowest BCUT2D eigenvalue weighted by Gasteiger charge is -2.08. The van der Waals surface area contributed by atoms with Gasteiger partial charge in [0.1, 0.15) is 16.9 Å². The van der Waals surface area contributed by atoms with Gasteiger partial charge in [0, 0.05) is 10.9 Å². The fourth-order valence-corrected chi connectivity index (χ4v) is 2.96. The number of allylic oxidation sites excluding steroid dienone is 1. The first kappa shape index (κ1) is 18.6. The van der Waals surface area contributed by atoms with Crippen LogP contribution in [0.25, 0.3) is 0 Å². The standard InChI is InChI=1S/C7H10F3S.CHF3O3S/c8-7(9,10)3-6-11-4-1-2-5-11;2-1(3,4)8(5,6)7/h3,6H,1-2,4-5H2;(H,5,6,7)/q+1;/p-1/b6-3+;. The summed E-state index contributed by atoms with van der Waals surface area (Å²) in [5, 5.41) is 1.33. The summed E-state index contributed by atoms with van der Waals surface area (Å²) in [6.07, 6.45) is -1.56. The second kappa shape index (κ2) is 6.84. The molecule has 1 aliphatic rings. The number of hydrogen-bond acceptors (Lipinski definition) is 3. The molecule has 11 heteroatoms. The monoisotopic (exact) mass is 332 g/mol. The van der Waals surface area contributed by atoms with Crippen molar-refractivity contribution < 1.29 is 39.3 Å². The van der Waals surface area contributed by atoms with Gasteiger partial charge in [0.05, 0.1) is 6.08 Å². The minimum atomic E-state index is -6.09. The van der Waals surface area contributed by atoms with Crippen LogP contribution >= 0.6 is 0 Å². The Balaban J connectivity index is 0.000000362. The molecule has 0 aromatic heterocycles. The van der Waals surface area contributed by atoms with Crippen LogP contribution < -0.4 is 0 Å². The van der Waals surface area contributed by atoms with Crippen molar-refractivity contribution in [3.8, 4) is 0 Å². The molecule has 0 aliphatic carbocycles. The summed E-state index contributed by atoms with van der Waals surface area (Å²) in [5.41, 5.74) is -5.65. The van der Waals surface area contributed by atoms with E-state index in [-0.39, 0.29) is 10.9 Å². The molecule has 0 spiro atoms. The summed E-state index contributed by atoms with van der Waals surface area (Å²) in [6.45, 7) is 0. The van der Waals surface area contributed by atoms with Crippen molar-refractivity contribution >= 4 is 21.0 Å². The van der Waals surface area contributed by atoms with E-state index in [9.17, 15) is 26.3 Å². The van der Waals surface area contributed by atoms with Gasteiger partial charge in [-0.25, -0.2) is 8.42 Å². The molecule has 0 aromatic rings. The van der Waals surface area contributed by atoms with E-state index in [0.717, 1.165) is 24.3 Å². The average molecular weight is 332 g/mol. The summed E-state index contributed by atoms with van der Waals surface area (Å²) in [7, 11) is -6.16. The van der Waals surface area contributed by atoms with E-state index in [1.807, 2.05) is 0 Å². The molecule has 0 aromatic carbocycles. The van der Waals surface area contributed by atoms with Crippen LogP contribution in [0.2, 0.25) is 0 Å². The van der Waals surface area contributed by atoms with E-state index in [1.165, 1.54) is 5.41 Å². The van der Waals surface area contributed by atoms with Crippen LogP contribution in [0.4, 0.5) is 26.3 Å². The van der Waals surface area contributed by atoms with Crippen LogP contribution in [-0.4, -0.2) is 36.2 Å². The predicted octanol–water partition coefficient (Wildman–Crippen LogP) is 2.53. The third-order valence-electron chi connectivity index (χ3n) is 1.80. The molecule has 0 saturated carbocycles. The van der Waals surface area contributed by atoms with Gasteiger partial charge in [0.2, 0.25) is 0 Å². The molecule has 1 heterocycles. The van der Waals surface area contributed by atoms with Crippen LogP contribution in [0.1, 0.15) is 12.8 Å². The highest BCUT2D eigenvalue weighted by molar-refractivity contribution is 7.99. The lowest BCUT2D eigenvalue weighted by molar-refractivity contribution is -0.0796. The highest BCUT2D eigenvalue weighted by Gasteiger charge is 2.36. The van der Waals surface area contributed by atoms with Crippen molar-refractivity contribution in [3.63, 3.8) is 0 Å². The van der Waals surface area contributed by atoms with Gasteiger partial charge in [-0.15, -0.1) is 0 Å². The van der Waals surface area contributed by atoms with Gasteiger partial charge in [-0.1, -0.05) is 0 Å². The zero-order valence-electron chi connectivity index (χ0n) is 9.29. The average Bonchev–Trinajstić information content (AvgIpc) is 2.63. The molecule has 114 valence electrons. The third kappa shape index (κ3) is 9.16. The first-order valence-electron chi connectivity index (χ1n) is 4.77. The molecule has 19 heavy (non-hydrogen) atoms. The Morgan fingerprint density at radius 3 is 1.63 bits per heavy atom. The van der Waals surface area contributed by atoms with Gasteiger partial charge >= 0.3 is 11.7 Å². The summed E-state index contributed by atoms with van der Waals surface area (Å²) in [6, 6.07) is 0. The molecular weight excluding hydrogens is 322 g/mol. The largest absolute Gasteiger partial charge is 0.741 e. The predicted molar refractivity (Wildman–Crippen MR) is 57.3 cm³/mol. The minimum Gasteiger partial charge on any atom is -0.741 e. The van der Waals surface area contributed by atoms with Crippen LogP contribution in [0.5, 0.6) is 0 Å². The molecule has 1 saturated heterocycles. The molecule has 0 amide bonds. The summed E-state index contributed by atoms with van der Waals surface area (Å²) >= 11 is 0. The summed E-state index contributed by atoms with van der Waals surface area (Å²) in [4.78, 5) is 0. The molecule has 1 aliphatic heterocycles. The van der Waals surface area contributed by atoms with Crippen LogP contribution in [-0.2, 0) is 21.0 Å². The van der Waals surface area contributed by atoms with E-state index < -0.39 is 21.8 Å². The maximum atomic E-state index is 11.6. The highest BCUT2D eigenvalue weighted by atomic mass is 32.2. The minimum absolute atomic E-state index is 0.0743. The fraction of sp³-hybridized carbons (Fsp3) is 0.750. The zero-order chi connectivity index (χ0) is 15.3. The molecule has 0 unspecified atom stereocenters. The Labute approximate surface area is 108 Å². The first-order valence-corrected chi connectivity index (χ1v) is 7.81. The van der Waals surface area contributed by atoms with Gasteiger partial charge in [-0.2, -0.15) is 26.3 Å². The number of hydrogen-bond donors (Lipinski definition) is 0. The molecule has 3 nitrogen and oxygen atoms in total. The quantitative estimate of drug-likeness (QED) is 0.321. The number of rotatable bonds is 1. The Bertz CT molecular complexity index is 392. The Kier molecular flexibility index (Phi) is 6.69. The van der Waals surface area contributed by atoms with E-state index in [0.29, 0.717) is 6.08 Å². The van der Waals surface area contributed by atoms with Crippen molar-refractivity contribution in [2.45, 2.75) is 24.5 Å². The van der Waals surface area contributed by atoms with Gasteiger partial charge in [0.15, 0.2) is 10.1 Å². The molecule has 0 atom stereocenters. The molecule has 0 bridgehead atoms. The number of alkyl halides is 6. The van der Waals surface area contributed by atoms with Crippen molar-refractivity contribution in [2.24, 2.45) is 0 Å². The van der Waals surface area contributed by atoms with Crippen LogP contribution in [0.3, 0.4) is 0 Å². The van der Waals surface area contributed by atoms with E-state index in [1.54, 1.807) is 0 Å². The van der Waals surface area contributed by atoms with Crippen molar-refractivity contribution in [1.82, 2.24) is 0 Å². The van der Waals surface area contributed by atoms with Crippen molar-refractivity contribution in [2.75, 3.05) is 11.5 Å². The van der Waals surface area contributed by atoms with E-state index >= 15 is 0 Å². The lowest BCUT2D eigenvalue weighted by atomic mass is 10.4. The molecule has 1 rings (SSSR count). The maximum Gasteiger partial charge on any atom is 0.485 e. The second-order valence-electron chi connectivity index (χ2n) is 3.40. The fourth-order valence-electron chi connectivity index (χ4n) is 0.986. The second-order valence-corrected chi connectivity index (χ2v) is 6.93. The van der Waals surface area contributed by atoms with Gasteiger partial charge < -0.3 is 4.55 Å². The van der Waals surface area contributed by atoms with Crippen molar-refractivity contribution in [1.29, 1.82) is 0 Å². The topological polar surface area (TPSA) is 57.2 Å². The SMILES string of the molecule is FC(F)(F)/C=C/[S+]1CCCC1.O=S(=O)([O-])C(F)(F)F.